The van der Waals surface area contributed by atoms with Crippen LogP contribution in [-0.4, -0.2) is 0 Å². The van der Waals surface area contributed by atoms with Gasteiger partial charge in [-0.1, -0.05) is 152 Å². The highest BCUT2D eigenvalue weighted by Gasteiger charge is 2.18. The Morgan fingerprint density at radius 3 is 1.57 bits per heavy atom. The van der Waals surface area contributed by atoms with Gasteiger partial charge in [0.25, 0.3) is 0 Å². The molecule has 13 rings (SSSR count). The van der Waals surface area contributed by atoms with Crippen LogP contribution in [0.15, 0.2) is 199 Å². The van der Waals surface area contributed by atoms with Crippen molar-refractivity contribution >= 4 is 107 Å². The maximum Gasteiger partial charge on any atom is 0.143 e. The van der Waals surface area contributed by atoms with E-state index in [9.17, 15) is 0 Å². The second kappa shape index (κ2) is 12.1. The Hall–Kier alpha value is -7.26. The molecule has 268 valence electrons. The fraction of sp³-hybridized carbons (Fsp3) is 0. The van der Waals surface area contributed by atoms with E-state index in [1.54, 1.807) is 0 Å². The van der Waals surface area contributed by atoms with Crippen molar-refractivity contribution in [1.82, 2.24) is 0 Å². The zero-order valence-corrected chi connectivity index (χ0v) is 32.1. The summed E-state index contributed by atoms with van der Waals surface area (Å²) in [6.45, 7) is 0. The zero-order chi connectivity index (χ0) is 37.9. The van der Waals surface area contributed by atoms with Crippen LogP contribution in [0.1, 0.15) is 0 Å². The van der Waals surface area contributed by atoms with E-state index in [1.165, 1.54) is 113 Å². The van der Waals surface area contributed by atoms with Gasteiger partial charge >= 0.3 is 0 Å². The van der Waals surface area contributed by atoms with Gasteiger partial charge in [0.15, 0.2) is 0 Å². The third kappa shape index (κ3) is 4.64. The van der Waals surface area contributed by atoms with Crippen molar-refractivity contribution in [2.75, 3.05) is 0 Å². The summed E-state index contributed by atoms with van der Waals surface area (Å²) >= 11 is 1.87. The molecule has 0 unspecified atom stereocenters. The summed E-state index contributed by atoms with van der Waals surface area (Å²) in [6.07, 6.45) is 0. The molecule has 2 heterocycles. The first-order valence-electron chi connectivity index (χ1n) is 19.9. The number of hydrogen-bond acceptors (Lipinski definition) is 2. The Kier molecular flexibility index (Phi) is 6.66. The molecule has 0 spiro atoms. The molecule has 13 aromatic rings. The standard InChI is InChI=1S/C56H32OS/c1-3-11-40-34(8-1)10-7-15-41(40)36-18-16-33(17-19-36)37-22-28-52-49(31-37)50-32-39(23-29-53(50)58-52)38-20-24-46-48(30-38)44-14-6-5-13-43(44)45-25-26-47-54-42-12-4-2-9-35(42)21-27-51(54)57-56(47)55(45)46/h1-32H. The monoisotopic (exact) mass is 752 g/mol. The summed E-state index contributed by atoms with van der Waals surface area (Å²) in [7, 11) is 0. The molecular formula is C56H32OS. The molecule has 2 aromatic heterocycles. The minimum Gasteiger partial charge on any atom is -0.455 e. The van der Waals surface area contributed by atoms with Crippen molar-refractivity contribution in [2.45, 2.75) is 0 Å². The molecule has 0 atom stereocenters. The van der Waals surface area contributed by atoms with Crippen LogP contribution in [0.25, 0.3) is 129 Å². The zero-order valence-electron chi connectivity index (χ0n) is 31.3. The van der Waals surface area contributed by atoms with Crippen LogP contribution in [0.2, 0.25) is 0 Å². The number of thiophene rings is 1. The SMILES string of the molecule is c1ccc2c(-c3ccc(-c4ccc5sc6ccc(-c7ccc8c(c7)c7ccccc7c7ccc9c(oc%10ccc%11ccccc%11c%109)c78)cc6c5c4)cc3)cccc2c1. The third-order valence-corrected chi connectivity index (χ3v) is 13.6. The van der Waals surface area contributed by atoms with Gasteiger partial charge in [-0.25, -0.2) is 0 Å². The maximum atomic E-state index is 6.81. The molecule has 0 bridgehead atoms. The smallest absolute Gasteiger partial charge is 0.143 e. The number of hydrogen-bond donors (Lipinski definition) is 0. The lowest BCUT2D eigenvalue weighted by atomic mass is 9.90. The number of furan rings is 1. The molecule has 0 aliphatic rings. The van der Waals surface area contributed by atoms with E-state index in [0.29, 0.717) is 0 Å². The maximum absolute atomic E-state index is 6.81. The van der Waals surface area contributed by atoms with Crippen LogP contribution < -0.4 is 0 Å². The van der Waals surface area contributed by atoms with Gasteiger partial charge in [-0.3, -0.25) is 0 Å². The minimum absolute atomic E-state index is 0.927. The molecule has 0 radical (unpaired) electrons. The summed E-state index contributed by atoms with van der Waals surface area (Å²) in [5.74, 6) is 0. The molecule has 0 saturated carbocycles. The van der Waals surface area contributed by atoms with Crippen molar-refractivity contribution in [3.63, 3.8) is 0 Å². The van der Waals surface area contributed by atoms with Crippen LogP contribution in [-0.2, 0) is 0 Å². The lowest BCUT2D eigenvalue weighted by Crippen LogP contribution is -1.86. The van der Waals surface area contributed by atoms with E-state index in [2.05, 4.69) is 194 Å². The third-order valence-electron chi connectivity index (χ3n) is 12.4. The number of benzene rings is 11. The van der Waals surface area contributed by atoms with Crippen molar-refractivity contribution < 1.29 is 4.42 Å². The molecule has 58 heavy (non-hydrogen) atoms. The average molecular weight is 753 g/mol. The highest BCUT2D eigenvalue weighted by atomic mass is 32.1. The average Bonchev–Trinajstić information content (AvgIpc) is 3.87. The molecule has 0 N–H and O–H groups in total. The molecule has 11 aromatic carbocycles. The Bertz CT molecular complexity index is 3840. The van der Waals surface area contributed by atoms with Gasteiger partial charge < -0.3 is 4.42 Å². The van der Waals surface area contributed by atoms with Gasteiger partial charge in [0.05, 0.1) is 0 Å². The second-order valence-corrected chi connectivity index (χ2v) is 16.6. The van der Waals surface area contributed by atoms with E-state index in [1.807, 2.05) is 11.3 Å². The summed E-state index contributed by atoms with van der Waals surface area (Å²) in [5, 5.41) is 17.3. The summed E-state index contributed by atoms with van der Waals surface area (Å²) < 4.78 is 9.42. The quantitative estimate of drug-likeness (QED) is 0.164. The largest absolute Gasteiger partial charge is 0.455 e. The van der Waals surface area contributed by atoms with Crippen LogP contribution in [0.4, 0.5) is 0 Å². The summed E-state index contributed by atoms with van der Waals surface area (Å²) in [6, 6.07) is 71.5. The van der Waals surface area contributed by atoms with E-state index >= 15 is 0 Å². The van der Waals surface area contributed by atoms with Gasteiger partial charge in [-0.05, 0) is 124 Å². The first-order chi connectivity index (χ1) is 28.7. The van der Waals surface area contributed by atoms with E-state index in [0.717, 1.165) is 16.6 Å². The van der Waals surface area contributed by atoms with Crippen LogP contribution in [0, 0.1) is 0 Å². The molecule has 1 nitrogen and oxygen atoms in total. The molecule has 0 amide bonds. The number of fused-ring (bicyclic) bond motifs is 16. The highest BCUT2D eigenvalue weighted by molar-refractivity contribution is 7.25. The molecule has 2 heteroatoms. The van der Waals surface area contributed by atoms with E-state index in [-0.39, 0.29) is 0 Å². The normalized spacial score (nSPS) is 12.1. The molecule has 0 aliphatic heterocycles. The fourth-order valence-electron chi connectivity index (χ4n) is 9.68. The van der Waals surface area contributed by atoms with Crippen LogP contribution in [0.3, 0.4) is 0 Å². The minimum atomic E-state index is 0.927. The highest BCUT2D eigenvalue weighted by Crippen LogP contribution is 2.45. The van der Waals surface area contributed by atoms with Gasteiger partial charge in [-0.15, -0.1) is 11.3 Å². The Balaban J connectivity index is 0.951. The van der Waals surface area contributed by atoms with Crippen molar-refractivity contribution in [1.29, 1.82) is 0 Å². The first kappa shape index (κ1) is 31.9. The topological polar surface area (TPSA) is 13.1 Å². The predicted molar refractivity (Wildman–Crippen MR) is 250 cm³/mol. The number of rotatable bonds is 3. The van der Waals surface area contributed by atoms with Gasteiger partial charge in [0.1, 0.15) is 11.2 Å². The predicted octanol–water partition coefficient (Wildman–Crippen LogP) is 16.7. The van der Waals surface area contributed by atoms with Gasteiger partial charge in [0.2, 0.25) is 0 Å². The van der Waals surface area contributed by atoms with Crippen LogP contribution in [0.5, 0.6) is 0 Å². The lowest BCUT2D eigenvalue weighted by Gasteiger charge is -2.13. The van der Waals surface area contributed by atoms with E-state index in [4.69, 9.17) is 4.42 Å². The Morgan fingerprint density at radius 2 is 0.810 bits per heavy atom. The van der Waals surface area contributed by atoms with Crippen molar-refractivity contribution in [2.24, 2.45) is 0 Å². The summed E-state index contributed by atoms with van der Waals surface area (Å²) in [4.78, 5) is 0. The Morgan fingerprint density at radius 1 is 0.293 bits per heavy atom. The van der Waals surface area contributed by atoms with E-state index < -0.39 is 0 Å². The molecular weight excluding hydrogens is 721 g/mol. The Labute approximate surface area is 337 Å². The van der Waals surface area contributed by atoms with Crippen molar-refractivity contribution in [3.8, 4) is 33.4 Å². The van der Waals surface area contributed by atoms with Gasteiger partial charge in [-0.2, -0.15) is 0 Å². The molecule has 0 aliphatic carbocycles. The molecule has 0 fully saturated rings. The summed E-state index contributed by atoms with van der Waals surface area (Å²) in [5.41, 5.74) is 9.27. The van der Waals surface area contributed by atoms with Gasteiger partial charge in [0, 0.05) is 36.3 Å². The van der Waals surface area contributed by atoms with Crippen LogP contribution >= 0.6 is 11.3 Å². The van der Waals surface area contributed by atoms with Crippen molar-refractivity contribution in [3.05, 3.63) is 194 Å². The lowest BCUT2D eigenvalue weighted by molar-refractivity contribution is 0.673. The first-order valence-corrected chi connectivity index (χ1v) is 20.7. The second-order valence-electron chi connectivity index (χ2n) is 15.6. The fourth-order valence-corrected chi connectivity index (χ4v) is 10.7. The molecule has 0 saturated heterocycles.